The molecule has 2 aromatic carbocycles. The van der Waals surface area contributed by atoms with Gasteiger partial charge in [0, 0.05) is 5.56 Å². The summed E-state index contributed by atoms with van der Waals surface area (Å²) in [6.07, 6.45) is 1.41. The van der Waals surface area contributed by atoms with Crippen molar-refractivity contribution in [3.8, 4) is 11.4 Å². The number of rotatable bonds is 6. The van der Waals surface area contributed by atoms with E-state index >= 15 is 0 Å². The van der Waals surface area contributed by atoms with E-state index in [2.05, 4.69) is 13.8 Å². The summed E-state index contributed by atoms with van der Waals surface area (Å²) in [5, 5.41) is 0.489. The normalized spacial score (nSPS) is 13.5. The third-order valence-corrected chi connectivity index (χ3v) is 4.80. The number of carbonyl (C=O) groups is 1. The summed E-state index contributed by atoms with van der Waals surface area (Å²) in [6.45, 7) is 4.11. The van der Waals surface area contributed by atoms with Gasteiger partial charge in [-0.1, -0.05) is 62.7 Å². The molecule has 0 saturated heterocycles. The number of hydrogen-bond donors (Lipinski definition) is 1. The van der Waals surface area contributed by atoms with Crippen LogP contribution >= 0.6 is 0 Å². The van der Waals surface area contributed by atoms with Crippen LogP contribution in [-0.2, 0) is 4.79 Å². The Balaban J connectivity index is 2.32. The smallest absolute Gasteiger partial charge is 0.262 e. The van der Waals surface area contributed by atoms with Crippen LogP contribution in [0.5, 0.6) is 0 Å². The summed E-state index contributed by atoms with van der Waals surface area (Å²) >= 11 is 0. The number of benzene rings is 2. The Labute approximate surface area is 152 Å². The molecule has 0 aliphatic rings. The first-order chi connectivity index (χ1) is 12.5. The minimum absolute atomic E-state index is 0.235. The van der Waals surface area contributed by atoms with Crippen LogP contribution in [0.15, 0.2) is 59.4 Å². The molecule has 2 N–H and O–H groups in total. The maximum absolute atomic E-state index is 13.3. The van der Waals surface area contributed by atoms with E-state index in [1.54, 1.807) is 18.2 Å². The van der Waals surface area contributed by atoms with Crippen LogP contribution in [0.25, 0.3) is 22.3 Å². The molecule has 3 aromatic rings. The number of para-hydroxylation sites is 1. The van der Waals surface area contributed by atoms with E-state index < -0.39 is 11.9 Å². The van der Waals surface area contributed by atoms with Crippen LogP contribution in [0, 0.1) is 5.92 Å². The van der Waals surface area contributed by atoms with Gasteiger partial charge in [-0.3, -0.25) is 14.2 Å². The number of nitrogens with zero attached hydrogens (tertiary/aromatic N) is 2. The minimum atomic E-state index is -0.732. The van der Waals surface area contributed by atoms with Crippen molar-refractivity contribution >= 4 is 16.8 Å². The Morgan fingerprint density at radius 1 is 1.12 bits per heavy atom. The zero-order chi connectivity index (χ0) is 18.7. The molecule has 2 unspecified atom stereocenters. The molecule has 5 nitrogen and oxygen atoms in total. The van der Waals surface area contributed by atoms with E-state index in [4.69, 9.17) is 10.7 Å². The standard InChI is InChI=1S/C21H23N3O2/c1-3-14(2)13-18(19(22)25)24-20(15-9-5-4-6-10-15)23-17-12-8-7-11-16(17)21(24)26/h4-12,14,18H,3,13H2,1-2H3,(H2,22,25). The largest absolute Gasteiger partial charge is 0.368 e. The maximum Gasteiger partial charge on any atom is 0.262 e. The summed E-state index contributed by atoms with van der Waals surface area (Å²) in [5.74, 6) is 0.220. The van der Waals surface area contributed by atoms with Gasteiger partial charge < -0.3 is 5.73 Å². The molecule has 0 fully saturated rings. The van der Waals surface area contributed by atoms with Gasteiger partial charge in [0.2, 0.25) is 5.91 Å². The Morgan fingerprint density at radius 2 is 1.77 bits per heavy atom. The fourth-order valence-corrected chi connectivity index (χ4v) is 3.12. The molecule has 134 valence electrons. The number of primary amides is 1. The highest BCUT2D eigenvalue weighted by Gasteiger charge is 2.26. The van der Waals surface area contributed by atoms with Crippen molar-refractivity contribution in [1.82, 2.24) is 9.55 Å². The molecule has 3 rings (SSSR count). The molecule has 0 aliphatic carbocycles. The Bertz CT molecular complexity index is 979. The van der Waals surface area contributed by atoms with Gasteiger partial charge in [0.25, 0.3) is 5.56 Å². The van der Waals surface area contributed by atoms with Gasteiger partial charge in [0.05, 0.1) is 10.9 Å². The minimum Gasteiger partial charge on any atom is -0.368 e. The zero-order valence-electron chi connectivity index (χ0n) is 15.1. The first-order valence-electron chi connectivity index (χ1n) is 8.89. The zero-order valence-corrected chi connectivity index (χ0v) is 15.1. The lowest BCUT2D eigenvalue weighted by atomic mass is 9.98. The molecule has 0 saturated carbocycles. The maximum atomic E-state index is 13.3. The SMILES string of the molecule is CCC(C)CC(C(N)=O)n1c(-c2ccccc2)nc2ccccc2c1=O. The van der Waals surface area contributed by atoms with Crippen LogP contribution in [0.2, 0.25) is 0 Å². The molecule has 0 aliphatic heterocycles. The molecule has 1 amide bonds. The number of nitrogens with two attached hydrogens (primary N) is 1. The fraction of sp³-hybridized carbons (Fsp3) is 0.286. The van der Waals surface area contributed by atoms with E-state index in [9.17, 15) is 9.59 Å². The van der Waals surface area contributed by atoms with Crippen LogP contribution in [0.4, 0.5) is 0 Å². The van der Waals surface area contributed by atoms with Crippen molar-refractivity contribution in [2.24, 2.45) is 11.7 Å². The second kappa shape index (κ2) is 7.52. The molecule has 5 heteroatoms. The van der Waals surface area contributed by atoms with Crippen molar-refractivity contribution in [3.63, 3.8) is 0 Å². The predicted molar refractivity (Wildman–Crippen MR) is 104 cm³/mol. The van der Waals surface area contributed by atoms with E-state index in [-0.39, 0.29) is 11.5 Å². The summed E-state index contributed by atoms with van der Waals surface area (Å²) in [4.78, 5) is 30.2. The van der Waals surface area contributed by atoms with Crippen molar-refractivity contribution in [2.45, 2.75) is 32.7 Å². The van der Waals surface area contributed by atoms with Crippen LogP contribution in [-0.4, -0.2) is 15.5 Å². The molecule has 1 heterocycles. The lowest BCUT2D eigenvalue weighted by Gasteiger charge is -2.23. The van der Waals surface area contributed by atoms with Gasteiger partial charge in [-0.15, -0.1) is 0 Å². The van der Waals surface area contributed by atoms with E-state index in [1.165, 1.54) is 4.57 Å². The summed E-state index contributed by atoms with van der Waals surface area (Å²) in [6, 6.07) is 15.9. The first kappa shape index (κ1) is 17.9. The highest BCUT2D eigenvalue weighted by atomic mass is 16.2. The average molecular weight is 349 g/mol. The predicted octanol–water partition coefficient (Wildman–Crippen LogP) is 3.53. The van der Waals surface area contributed by atoms with Crippen LogP contribution < -0.4 is 11.3 Å². The lowest BCUT2D eigenvalue weighted by Crippen LogP contribution is -2.36. The second-order valence-electron chi connectivity index (χ2n) is 6.66. The van der Waals surface area contributed by atoms with E-state index in [0.29, 0.717) is 23.1 Å². The van der Waals surface area contributed by atoms with Gasteiger partial charge >= 0.3 is 0 Å². The number of aromatic nitrogens is 2. The molecular formula is C21H23N3O2. The lowest BCUT2D eigenvalue weighted by molar-refractivity contribution is -0.121. The van der Waals surface area contributed by atoms with Gasteiger partial charge in [-0.05, 0) is 24.5 Å². The van der Waals surface area contributed by atoms with Gasteiger partial charge in [-0.2, -0.15) is 0 Å². The number of fused-ring (bicyclic) bond motifs is 1. The Morgan fingerprint density at radius 3 is 2.42 bits per heavy atom. The van der Waals surface area contributed by atoms with E-state index in [0.717, 1.165) is 12.0 Å². The quantitative estimate of drug-likeness (QED) is 0.739. The molecular weight excluding hydrogens is 326 g/mol. The summed E-state index contributed by atoms with van der Waals surface area (Å²) in [7, 11) is 0. The van der Waals surface area contributed by atoms with Crippen molar-refractivity contribution in [1.29, 1.82) is 0 Å². The summed E-state index contributed by atoms with van der Waals surface area (Å²) < 4.78 is 1.48. The Kier molecular flexibility index (Phi) is 5.16. The molecule has 1 aromatic heterocycles. The molecule has 0 spiro atoms. The van der Waals surface area contributed by atoms with Crippen molar-refractivity contribution in [3.05, 3.63) is 65.0 Å². The second-order valence-corrected chi connectivity index (χ2v) is 6.66. The highest BCUT2D eigenvalue weighted by molar-refractivity contribution is 5.83. The topological polar surface area (TPSA) is 78.0 Å². The molecule has 0 bridgehead atoms. The number of carbonyl (C=O) groups excluding carboxylic acids is 1. The van der Waals surface area contributed by atoms with Crippen molar-refractivity contribution in [2.75, 3.05) is 0 Å². The van der Waals surface area contributed by atoms with Gasteiger partial charge in [-0.25, -0.2) is 4.98 Å². The third kappa shape index (κ3) is 3.38. The average Bonchev–Trinajstić information content (AvgIpc) is 2.67. The van der Waals surface area contributed by atoms with Gasteiger partial charge in [0.15, 0.2) is 0 Å². The monoisotopic (exact) mass is 349 g/mol. The number of amides is 1. The van der Waals surface area contributed by atoms with Crippen LogP contribution in [0.1, 0.15) is 32.7 Å². The molecule has 2 atom stereocenters. The third-order valence-electron chi connectivity index (χ3n) is 4.80. The van der Waals surface area contributed by atoms with Crippen LogP contribution in [0.3, 0.4) is 0 Å². The number of hydrogen-bond acceptors (Lipinski definition) is 3. The van der Waals surface area contributed by atoms with Gasteiger partial charge in [0.1, 0.15) is 11.9 Å². The highest BCUT2D eigenvalue weighted by Crippen LogP contribution is 2.26. The first-order valence-corrected chi connectivity index (χ1v) is 8.89. The fourth-order valence-electron chi connectivity index (χ4n) is 3.12. The van der Waals surface area contributed by atoms with Crippen molar-refractivity contribution < 1.29 is 4.79 Å². The molecule has 0 radical (unpaired) electrons. The van der Waals surface area contributed by atoms with E-state index in [1.807, 2.05) is 36.4 Å². The molecule has 26 heavy (non-hydrogen) atoms. The Hall–Kier alpha value is -2.95. The summed E-state index contributed by atoms with van der Waals surface area (Å²) in [5.41, 5.74) is 6.86.